The molecule has 0 aromatic carbocycles. The van der Waals surface area contributed by atoms with Crippen molar-refractivity contribution in [3.05, 3.63) is 43.7 Å². The smallest absolute Gasteiger partial charge is 0.317 e. The Kier molecular flexibility index (Phi) is 6.90. The predicted octanol–water partition coefficient (Wildman–Crippen LogP) is 4.13. The summed E-state index contributed by atoms with van der Waals surface area (Å²) < 4.78 is 0.839. The van der Waals surface area contributed by atoms with Crippen molar-refractivity contribution in [3.63, 3.8) is 0 Å². The van der Waals surface area contributed by atoms with Crippen LogP contribution in [0.4, 0.5) is 4.79 Å². The third kappa shape index (κ3) is 5.07. The zero-order valence-corrected chi connectivity index (χ0v) is 18.4. The van der Waals surface area contributed by atoms with Gasteiger partial charge < -0.3 is 10.2 Å². The lowest BCUT2D eigenvalue weighted by molar-refractivity contribution is 0.133. The number of hydrogen-bond donors (Lipinski definition) is 1. The van der Waals surface area contributed by atoms with Gasteiger partial charge in [-0.05, 0) is 49.5 Å². The summed E-state index contributed by atoms with van der Waals surface area (Å²) in [7, 11) is 0. The molecule has 2 aliphatic heterocycles. The van der Waals surface area contributed by atoms with Crippen molar-refractivity contribution in [2.45, 2.75) is 25.4 Å². The van der Waals surface area contributed by atoms with Crippen molar-refractivity contribution in [1.29, 1.82) is 0 Å². The average molecular weight is 439 g/mol. The second-order valence-electron chi connectivity index (χ2n) is 7.43. The van der Waals surface area contributed by atoms with Crippen LogP contribution < -0.4 is 5.32 Å². The highest BCUT2D eigenvalue weighted by Crippen LogP contribution is 2.28. The molecule has 152 valence electrons. The van der Waals surface area contributed by atoms with Gasteiger partial charge in [-0.25, -0.2) is 4.79 Å². The van der Waals surface area contributed by atoms with Crippen molar-refractivity contribution >= 4 is 40.3 Å². The van der Waals surface area contributed by atoms with Crippen LogP contribution in [0.1, 0.15) is 28.6 Å². The lowest BCUT2D eigenvalue weighted by Gasteiger charge is -2.35. The standard InChI is InChI=1S/C20H27ClN4OS2/c21-19-6-5-16(28-19)15-23-9-11-25(12-10-23)20(26)22-14-17(18-4-3-13-27-18)24-7-1-2-8-24/h3-6,13,17H,1-2,7-12,14-15H2,(H,22,26). The van der Waals surface area contributed by atoms with Gasteiger partial charge in [0.2, 0.25) is 0 Å². The first-order chi connectivity index (χ1) is 13.7. The monoisotopic (exact) mass is 438 g/mol. The number of nitrogens with zero attached hydrogens (tertiary/aromatic N) is 3. The fourth-order valence-corrected chi connectivity index (χ4v) is 6.00. The topological polar surface area (TPSA) is 38.8 Å². The van der Waals surface area contributed by atoms with Gasteiger partial charge in [0.25, 0.3) is 0 Å². The predicted molar refractivity (Wildman–Crippen MR) is 117 cm³/mol. The molecule has 0 saturated carbocycles. The van der Waals surface area contributed by atoms with Gasteiger partial charge in [-0.15, -0.1) is 22.7 Å². The van der Waals surface area contributed by atoms with E-state index >= 15 is 0 Å². The molecule has 0 radical (unpaired) electrons. The number of rotatable bonds is 6. The van der Waals surface area contributed by atoms with E-state index in [0.29, 0.717) is 12.6 Å². The normalized spacial score (nSPS) is 19.8. The van der Waals surface area contributed by atoms with E-state index in [-0.39, 0.29) is 6.03 Å². The molecule has 4 heterocycles. The molecule has 2 amide bonds. The lowest BCUT2D eigenvalue weighted by atomic mass is 10.2. The first-order valence-corrected chi connectivity index (χ1v) is 12.0. The summed E-state index contributed by atoms with van der Waals surface area (Å²) in [5.41, 5.74) is 0. The average Bonchev–Trinajstić information content (AvgIpc) is 3.46. The first-order valence-electron chi connectivity index (χ1n) is 9.96. The molecule has 1 atom stereocenters. The summed E-state index contributed by atoms with van der Waals surface area (Å²) in [6.07, 6.45) is 2.51. The highest BCUT2D eigenvalue weighted by Gasteiger charge is 2.26. The van der Waals surface area contributed by atoms with Gasteiger partial charge in [-0.3, -0.25) is 9.80 Å². The summed E-state index contributed by atoms with van der Waals surface area (Å²) >= 11 is 9.45. The van der Waals surface area contributed by atoms with Crippen LogP contribution in [0.25, 0.3) is 0 Å². The number of likely N-dealkylation sites (tertiary alicyclic amines) is 1. The number of urea groups is 1. The van der Waals surface area contributed by atoms with E-state index in [4.69, 9.17) is 11.6 Å². The van der Waals surface area contributed by atoms with Crippen LogP contribution >= 0.6 is 34.3 Å². The van der Waals surface area contributed by atoms with Crippen LogP contribution in [0.15, 0.2) is 29.6 Å². The fourth-order valence-electron chi connectivity index (χ4n) is 4.01. The number of hydrogen-bond acceptors (Lipinski definition) is 5. The first kappa shape index (κ1) is 20.2. The Hall–Kier alpha value is -1.12. The maximum Gasteiger partial charge on any atom is 0.317 e. The third-order valence-corrected chi connectivity index (χ3v) is 7.76. The molecule has 8 heteroatoms. The molecule has 1 unspecified atom stereocenters. The molecule has 28 heavy (non-hydrogen) atoms. The van der Waals surface area contributed by atoms with Crippen LogP contribution in [-0.4, -0.2) is 66.5 Å². The van der Waals surface area contributed by atoms with E-state index < -0.39 is 0 Å². The fraction of sp³-hybridized carbons (Fsp3) is 0.550. The molecule has 0 bridgehead atoms. The van der Waals surface area contributed by atoms with E-state index in [0.717, 1.165) is 50.1 Å². The Bertz CT molecular complexity index is 752. The van der Waals surface area contributed by atoms with Crippen LogP contribution in [0.5, 0.6) is 0 Å². The number of nitrogens with one attached hydrogen (secondary N) is 1. The summed E-state index contributed by atoms with van der Waals surface area (Å²) in [6, 6.07) is 8.71. The Morgan fingerprint density at radius 2 is 1.89 bits per heavy atom. The number of halogens is 1. The van der Waals surface area contributed by atoms with Gasteiger partial charge in [-0.1, -0.05) is 17.7 Å². The quantitative estimate of drug-likeness (QED) is 0.737. The second kappa shape index (κ2) is 9.59. The van der Waals surface area contributed by atoms with Gasteiger partial charge in [0.05, 0.1) is 10.4 Å². The maximum absolute atomic E-state index is 12.7. The van der Waals surface area contributed by atoms with Gasteiger partial charge >= 0.3 is 6.03 Å². The van der Waals surface area contributed by atoms with Crippen molar-refractivity contribution in [1.82, 2.24) is 20.0 Å². The van der Waals surface area contributed by atoms with E-state index in [9.17, 15) is 4.79 Å². The van der Waals surface area contributed by atoms with Crippen molar-refractivity contribution in [3.8, 4) is 0 Å². The Morgan fingerprint density at radius 1 is 1.11 bits per heavy atom. The van der Waals surface area contributed by atoms with Crippen LogP contribution in [0.3, 0.4) is 0 Å². The summed E-state index contributed by atoms with van der Waals surface area (Å²) in [5, 5.41) is 5.33. The largest absolute Gasteiger partial charge is 0.336 e. The molecule has 2 saturated heterocycles. The minimum absolute atomic E-state index is 0.0690. The van der Waals surface area contributed by atoms with E-state index in [2.05, 4.69) is 38.7 Å². The Balaban J connectivity index is 1.25. The number of thiophene rings is 2. The van der Waals surface area contributed by atoms with Crippen molar-refractivity contribution in [2.24, 2.45) is 0 Å². The maximum atomic E-state index is 12.7. The van der Waals surface area contributed by atoms with E-state index in [1.54, 1.807) is 22.7 Å². The van der Waals surface area contributed by atoms with E-state index in [1.807, 2.05) is 11.0 Å². The number of amides is 2. The van der Waals surface area contributed by atoms with Gasteiger partial charge in [0, 0.05) is 49.0 Å². The van der Waals surface area contributed by atoms with Crippen LogP contribution in [0.2, 0.25) is 4.34 Å². The molecule has 2 aromatic heterocycles. The van der Waals surface area contributed by atoms with Crippen molar-refractivity contribution in [2.75, 3.05) is 45.8 Å². The zero-order valence-electron chi connectivity index (χ0n) is 16.0. The minimum atomic E-state index is 0.0690. The molecular weight excluding hydrogens is 412 g/mol. The number of carbonyl (C=O) groups is 1. The second-order valence-corrected chi connectivity index (χ2v) is 10.2. The van der Waals surface area contributed by atoms with Gasteiger partial charge in [-0.2, -0.15) is 0 Å². The van der Waals surface area contributed by atoms with Crippen LogP contribution in [-0.2, 0) is 6.54 Å². The molecule has 1 N–H and O–H groups in total. The molecule has 2 fully saturated rings. The van der Waals surface area contributed by atoms with Crippen LogP contribution in [0, 0.1) is 0 Å². The van der Waals surface area contributed by atoms with Gasteiger partial charge in [0.1, 0.15) is 0 Å². The number of carbonyl (C=O) groups excluding carboxylic acids is 1. The molecule has 0 aliphatic carbocycles. The Labute approximate surface area is 179 Å². The summed E-state index contributed by atoms with van der Waals surface area (Å²) in [5.74, 6) is 0. The van der Waals surface area contributed by atoms with Gasteiger partial charge in [0.15, 0.2) is 0 Å². The molecule has 2 aliphatic rings. The number of piperazine rings is 1. The SMILES string of the molecule is O=C(NCC(c1cccs1)N1CCCC1)N1CCN(Cc2ccc(Cl)s2)CC1. The molecule has 2 aromatic rings. The van der Waals surface area contributed by atoms with Crippen molar-refractivity contribution < 1.29 is 4.79 Å². The molecular formula is C20H27ClN4OS2. The zero-order chi connectivity index (χ0) is 19.3. The lowest BCUT2D eigenvalue weighted by Crippen LogP contribution is -2.52. The third-order valence-electron chi connectivity index (χ3n) is 5.57. The molecule has 4 rings (SSSR count). The highest BCUT2D eigenvalue weighted by atomic mass is 35.5. The van der Waals surface area contributed by atoms with E-state index in [1.165, 1.54) is 22.6 Å². The Morgan fingerprint density at radius 3 is 2.54 bits per heavy atom. The summed E-state index contributed by atoms with van der Waals surface area (Å²) in [6.45, 7) is 7.23. The minimum Gasteiger partial charge on any atom is -0.336 e. The highest BCUT2D eigenvalue weighted by molar-refractivity contribution is 7.16. The molecule has 0 spiro atoms. The molecule has 5 nitrogen and oxygen atoms in total. The summed E-state index contributed by atoms with van der Waals surface area (Å²) in [4.78, 5) is 22.2.